The minimum atomic E-state index is -0.950. The Kier molecular flexibility index (Phi) is 3.64. The molecule has 0 unspecified atom stereocenters. The molecule has 0 radical (unpaired) electrons. The quantitative estimate of drug-likeness (QED) is 0.805. The second kappa shape index (κ2) is 5.43. The highest BCUT2D eigenvalue weighted by Gasteiger charge is 2.25. The molecule has 0 spiro atoms. The maximum Gasteiger partial charge on any atom is 0.335 e. The van der Waals surface area contributed by atoms with Gasteiger partial charge in [0.05, 0.1) is 27.4 Å². The predicted octanol–water partition coefficient (Wildman–Crippen LogP) is 3.10. The number of aromatic nitrogens is 2. The highest BCUT2D eigenvalue weighted by Crippen LogP contribution is 2.36. The van der Waals surface area contributed by atoms with Gasteiger partial charge in [0, 0.05) is 6.04 Å². The smallest absolute Gasteiger partial charge is 0.335 e. The van der Waals surface area contributed by atoms with Crippen LogP contribution in [-0.2, 0) is 6.61 Å². The lowest BCUT2D eigenvalue weighted by atomic mass is 10.2. The van der Waals surface area contributed by atoms with Crippen LogP contribution in [0.4, 0.5) is 0 Å². The van der Waals surface area contributed by atoms with Crippen molar-refractivity contribution in [3.63, 3.8) is 0 Å². The average molecular weight is 384 g/mol. The normalized spacial score (nSPS) is 14.2. The molecule has 0 atom stereocenters. The summed E-state index contributed by atoms with van der Waals surface area (Å²) in [6.07, 6.45) is 6.01. The zero-order valence-corrected chi connectivity index (χ0v) is 12.8. The van der Waals surface area contributed by atoms with Crippen molar-refractivity contribution < 1.29 is 14.6 Å². The fourth-order valence-corrected chi connectivity index (χ4v) is 2.52. The molecular weight excluding hydrogens is 371 g/mol. The Hall–Kier alpha value is -1.57. The Balaban J connectivity index is 1.75. The minimum absolute atomic E-state index is 0.233. The number of ether oxygens (including phenoxy) is 1. The summed E-state index contributed by atoms with van der Waals surface area (Å²) in [6.45, 7) is 0.398. The van der Waals surface area contributed by atoms with Crippen LogP contribution in [0.3, 0.4) is 0 Å². The summed E-state index contributed by atoms with van der Waals surface area (Å²) < 4.78 is 8.79. The predicted molar refractivity (Wildman–Crippen MR) is 80.9 cm³/mol. The number of aromatic carboxylic acids is 1. The molecule has 1 aliphatic carbocycles. The lowest BCUT2D eigenvalue weighted by molar-refractivity contribution is 0.0696. The third-order valence-electron chi connectivity index (χ3n) is 3.24. The van der Waals surface area contributed by atoms with Crippen LogP contribution >= 0.6 is 22.6 Å². The molecule has 6 heteroatoms. The van der Waals surface area contributed by atoms with Gasteiger partial charge in [-0.05, 0) is 53.6 Å². The molecule has 0 saturated heterocycles. The Bertz CT molecular complexity index is 650. The average Bonchev–Trinajstić information content (AvgIpc) is 3.17. The lowest BCUT2D eigenvalue weighted by Crippen LogP contribution is -2.05. The van der Waals surface area contributed by atoms with Gasteiger partial charge in [-0.15, -0.1) is 0 Å². The number of imidazole rings is 1. The number of hydrogen-bond acceptors (Lipinski definition) is 3. The first-order valence-electron chi connectivity index (χ1n) is 6.31. The van der Waals surface area contributed by atoms with Crippen LogP contribution in [0.1, 0.15) is 34.9 Å². The molecule has 1 heterocycles. The van der Waals surface area contributed by atoms with Gasteiger partial charge in [0.2, 0.25) is 0 Å². The summed E-state index contributed by atoms with van der Waals surface area (Å²) >= 11 is 2.14. The zero-order chi connectivity index (χ0) is 14.1. The SMILES string of the molecule is O=C(O)c1ccc(I)c(OCc2cncn2C2CC2)c1. The number of halogens is 1. The number of rotatable bonds is 5. The van der Waals surface area contributed by atoms with Crippen LogP contribution < -0.4 is 4.74 Å². The summed E-state index contributed by atoms with van der Waals surface area (Å²) in [5.41, 5.74) is 1.25. The van der Waals surface area contributed by atoms with Crippen molar-refractivity contribution in [1.29, 1.82) is 0 Å². The number of carboxylic acid groups (broad SMARTS) is 1. The van der Waals surface area contributed by atoms with Crippen molar-refractivity contribution in [2.24, 2.45) is 0 Å². The van der Waals surface area contributed by atoms with E-state index in [1.54, 1.807) is 24.4 Å². The molecule has 104 valence electrons. The maximum atomic E-state index is 11.0. The topological polar surface area (TPSA) is 64.3 Å². The molecule has 20 heavy (non-hydrogen) atoms. The summed E-state index contributed by atoms with van der Waals surface area (Å²) in [6, 6.07) is 5.44. The lowest BCUT2D eigenvalue weighted by Gasteiger charge is -2.10. The van der Waals surface area contributed by atoms with E-state index in [0.717, 1.165) is 9.26 Å². The van der Waals surface area contributed by atoms with Crippen molar-refractivity contribution in [2.45, 2.75) is 25.5 Å². The van der Waals surface area contributed by atoms with Crippen LogP contribution in [0.2, 0.25) is 0 Å². The van der Waals surface area contributed by atoms with Gasteiger partial charge >= 0.3 is 5.97 Å². The third kappa shape index (κ3) is 2.79. The second-order valence-electron chi connectivity index (χ2n) is 4.76. The van der Waals surface area contributed by atoms with Gasteiger partial charge in [-0.3, -0.25) is 0 Å². The summed E-state index contributed by atoms with van der Waals surface area (Å²) in [5.74, 6) is -0.358. The third-order valence-corrected chi connectivity index (χ3v) is 4.13. The minimum Gasteiger partial charge on any atom is -0.486 e. The molecule has 1 aliphatic rings. The number of hydrogen-bond donors (Lipinski definition) is 1. The molecule has 1 N–H and O–H groups in total. The Morgan fingerprint density at radius 1 is 1.50 bits per heavy atom. The van der Waals surface area contributed by atoms with Gasteiger partial charge in [-0.25, -0.2) is 9.78 Å². The zero-order valence-electron chi connectivity index (χ0n) is 10.6. The number of benzene rings is 1. The van der Waals surface area contributed by atoms with Crippen molar-refractivity contribution in [3.05, 3.63) is 45.6 Å². The first-order valence-corrected chi connectivity index (χ1v) is 7.39. The Labute approximate surface area is 129 Å². The van der Waals surface area contributed by atoms with E-state index >= 15 is 0 Å². The van der Waals surface area contributed by atoms with E-state index in [2.05, 4.69) is 32.1 Å². The molecular formula is C14H13IN2O3. The fourth-order valence-electron chi connectivity index (χ4n) is 2.02. The Morgan fingerprint density at radius 3 is 3.00 bits per heavy atom. The monoisotopic (exact) mass is 384 g/mol. The van der Waals surface area contributed by atoms with E-state index in [1.165, 1.54) is 12.8 Å². The van der Waals surface area contributed by atoms with E-state index in [9.17, 15) is 4.79 Å². The molecule has 5 nitrogen and oxygen atoms in total. The van der Waals surface area contributed by atoms with Gasteiger partial charge in [0.25, 0.3) is 0 Å². The Morgan fingerprint density at radius 2 is 2.30 bits per heavy atom. The van der Waals surface area contributed by atoms with Crippen LogP contribution in [-0.4, -0.2) is 20.6 Å². The molecule has 3 rings (SSSR count). The van der Waals surface area contributed by atoms with Crippen LogP contribution in [0.25, 0.3) is 0 Å². The molecule has 0 amide bonds. The van der Waals surface area contributed by atoms with Gasteiger partial charge in [-0.2, -0.15) is 0 Å². The number of nitrogens with zero attached hydrogens (tertiary/aromatic N) is 2. The van der Waals surface area contributed by atoms with Crippen molar-refractivity contribution in [1.82, 2.24) is 9.55 Å². The van der Waals surface area contributed by atoms with Crippen LogP contribution in [0.5, 0.6) is 5.75 Å². The van der Waals surface area contributed by atoms with Gasteiger partial charge < -0.3 is 14.4 Å². The fraction of sp³-hybridized carbons (Fsp3) is 0.286. The highest BCUT2D eigenvalue weighted by atomic mass is 127. The van der Waals surface area contributed by atoms with Crippen molar-refractivity contribution in [2.75, 3.05) is 0 Å². The van der Waals surface area contributed by atoms with E-state index in [1.807, 2.05) is 6.33 Å². The largest absolute Gasteiger partial charge is 0.486 e. The summed E-state index contributed by atoms with van der Waals surface area (Å²) in [5, 5.41) is 9.01. The molecule has 1 aromatic carbocycles. The van der Waals surface area contributed by atoms with Gasteiger partial charge in [0.15, 0.2) is 0 Å². The van der Waals surface area contributed by atoms with Gasteiger partial charge in [0.1, 0.15) is 12.4 Å². The van der Waals surface area contributed by atoms with Crippen LogP contribution in [0, 0.1) is 3.57 Å². The van der Waals surface area contributed by atoms with Gasteiger partial charge in [-0.1, -0.05) is 0 Å². The standard InChI is InChI=1S/C14H13IN2O3/c15-12-4-1-9(14(18)19)5-13(12)20-7-11-6-16-8-17(11)10-2-3-10/h1,4-6,8,10H,2-3,7H2,(H,18,19). The van der Waals surface area contributed by atoms with Crippen molar-refractivity contribution >= 4 is 28.6 Å². The molecule has 0 aliphatic heterocycles. The van der Waals surface area contributed by atoms with Crippen LogP contribution in [0.15, 0.2) is 30.7 Å². The van der Waals surface area contributed by atoms with E-state index in [-0.39, 0.29) is 5.56 Å². The summed E-state index contributed by atoms with van der Waals surface area (Å²) in [4.78, 5) is 15.1. The number of carbonyl (C=O) groups is 1. The maximum absolute atomic E-state index is 11.0. The van der Waals surface area contributed by atoms with E-state index in [0.29, 0.717) is 18.4 Å². The number of carboxylic acids is 1. The second-order valence-corrected chi connectivity index (χ2v) is 5.92. The summed E-state index contributed by atoms with van der Waals surface area (Å²) in [7, 11) is 0. The van der Waals surface area contributed by atoms with E-state index < -0.39 is 5.97 Å². The molecule has 0 bridgehead atoms. The molecule has 1 aromatic heterocycles. The van der Waals surface area contributed by atoms with E-state index in [4.69, 9.17) is 9.84 Å². The molecule has 1 fully saturated rings. The highest BCUT2D eigenvalue weighted by molar-refractivity contribution is 14.1. The van der Waals surface area contributed by atoms with Crippen molar-refractivity contribution in [3.8, 4) is 5.75 Å². The molecule has 2 aromatic rings. The first kappa shape index (κ1) is 13.4. The first-order chi connectivity index (χ1) is 9.65. The molecule has 1 saturated carbocycles.